The molecule has 0 saturated carbocycles. The minimum absolute atomic E-state index is 0.872. The van der Waals surface area contributed by atoms with Crippen molar-refractivity contribution in [2.45, 2.75) is 0 Å². The first-order valence-corrected chi connectivity index (χ1v) is 19.8. The highest BCUT2D eigenvalue weighted by molar-refractivity contribution is 6.16. The van der Waals surface area contributed by atoms with Gasteiger partial charge in [-0.1, -0.05) is 133 Å². The number of fused-ring (bicyclic) bond motifs is 11. The van der Waals surface area contributed by atoms with Gasteiger partial charge in [0, 0.05) is 49.3 Å². The molecule has 4 nitrogen and oxygen atoms in total. The molecule has 13 rings (SSSR count). The van der Waals surface area contributed by atoms with E-state index in [9.17, 15) is 0 Å². The summed E-state index contributed by atoms with van der Waals surface area (Å²) in [5.41, 5.74) is 15.2. The lowest BCUT2D eigenvalue weighted by Gasteiger charge is -2.21. The number of benzene rings is 9. The topological polar surface area (TPSA) is 24.0 Å². The van der Waals surface area contributed by atoms with Gasteiger partial charge in [-0.3, -0.25) is 0 Å². The third-order valence-corrected chi connectivity index (χ3v) is 12.2. The van der Waals surface area contributed by atoms with E-state index in [0.29, 0.717) is 0 Å². The first kappa shape index (κ1) is 31.4. The Morgan fingerprint density at radius 1 is 0.293 bits per heavy atom. The Balaban J connectivity index is 0.927. The largest absolute Gasteiger partial charge is 0.453 e. The summed E-state index contributed by atoms with van der Waals surface area (Å²) in [5, 5.41) is 7.43. The van der Waals surface area contributed by atoms with Crippen molar-refractivity contribution in [2.75, 3.05) is 0 Å². The number of ether oxygens (including phenoxy) is 1. The first-order chi connectivity index (χ1) is 28.8. The van der Waals surface area contributed by atoms with Crippen molar-refractivity contribution in [3.05, 3.63) is 200 Å². The van der Waals surface area contributed by atoms with Crippen LogP contribution in [-0.2, 0) is 0 Å². The van der Waals surface area contributed by atoms with Gasteiger partial charge in [0.1, 0.15) is 0 Å². The molecule has 0 bridgehead atoms. The number of para-hydroxylation sites is 7. The molecule has 0 amide bonds. The summed E-state index contributed by atoms with van der Waals surface area (Å²) in [6.07, 6.45) is 0. The van der Waals surface area contributed by atoms with E-state index >= 15 is 0 Å². The molecule has 58 heavy (non-hydrogen) atoms. The lowest BCUT2D eigenvalue weighted by Crippen LogP contribution is -2.04. The van der Waals surface area contributed by atoms with Crippen LogP contribution >= 0.6 is 0 Å². The number of hydrogen-bond acceptors (Lipinski definition) is 1. The monoisotopic (exact) mass is 739 g/mol. The molecule has 0 spiro atoms. The molecular formula is C54H33N3O. The second-order valence-electron chi connectivity index (χ2n) is 15.3. The van der Waals surface area contributed by atoms with Crippen LogP contribution in [0.15, 0.2) is 200 Å². The van der Waals surface area contributed by atoms with Crippen LogP contribution in [0.1, 0.15) is 0 Å². The maximum atomic E-state index is 6.40. The van der Waals surface area contributed by atoms with Crippen LogP contribution in [0.25, 0.3) is 105 Å². The van der Waals surface area contributed by atoms with Gasteiger partial charge in [-0.2, -0.15) is 0 Å². The Morgan fingerprint density at radius 3 is 1.57 bits per heavy atom. The fourth-order valence-corrected chi connectivity index (χ4v) is 9.73. The summed E-state index contributed by atoms with van der Waals surface area (Å²) >= 11 is 0. The Hall–Kier alpha value is -7.82. The van der Waals surface area contributed by atoms with Crippen LogP contribution in [0, 0.1) is 0 Å². The highest BCUT2D eigenvalue weighted by Crippen LogP contribution is 2.47. The highest BCUT2D eigenvalue weighted by Gasteiger charge is 2.25. The summed E-state index contributed by atoms with van der Waals surface area (Å²) in [7, 11) is 0. The first-order valence-electron chi connectivity index (χ1n) is 19.8. The average Bonchev–Trinajstić information content (AvgIpc) is 3.93. The van der Waals surface area contributed by atoms with Crippen molar-refractivity contribution in [3.8, 4) is 50.8 Å². The van der Waals surface area contributed by atoms with Crippen molar-refractivity contribution >= 4 is 65.4 Å². The maximum absolute atomic E-state index is 6.40. The molecular weight excluding hydrogens is 707 g/mol. The van der Waals surface area contributed by atoms with E-state index in [2.05, 4.69) is 208 Å². The van der Waals surface area contributed by atoms with Crippen LogP contribution in [0.5, 0.6) is 11.5 Å². The van der Waals surface area contributed by atoms with E-state index in [1.54, 1.807) is 0 Å². The Bertz CT molecular complexity index is 3600. The van der Waals surface area contributed by atoms with Crippen molar-refractivity contribution in [1.82, 2.24) is 13.7 Å². The molecule has 0 aliphatic carbocycles. The third-order valence-electron chi connectivity index (χ3n) is 12.2. The van der Waals surface area contributed by atoms with Crippen molar-refractivity contribution in [1.29, 1.82) is 0 Å². The number of rotatable bonds is 4. The van der Waals surface area contributed by atoms with Crippen LogP contribution in [0.2, 0.25) is 0 Å². The summed E-state index contributed by atoms with van der Waals surface area (Å²) in [6, 6.07) is 72.5. The molecule has 3 aromatic heterocycles. The second-order valence-corrected chi connectivity index (χ2v) is 15.3. The standard InChI is InChI=1S/C54H33N3O/c1-4-20-46-40(14-1)41-15-2-5-21-47(41)56(46)38-30-31-49-45(33-38)42-16-3-6-22-48(42)55(49)37-13-9-12-36(32-37)34-26-28-35(29-27-34)39-17-10-18-43-44-19-11-25-52-54(44)57(53(39)43)50-23-7-8-24-51(50)58-52/h1-33H. The van der Waals surface area contributed by atoms with Crippen LogP contribution in [-0.4, -0.2) is 13.7 Å². The quantitative estimate of drug-likeness (QED) is 0.176. The summed E-state index contributed by atoms with van der Waals surface area (Å²) in [6.45, 7) is 0. The predicted octanol–water partition coefficient (Wildman–Crippen LogP) is 14.4. The van der Waals surface area contributed by atoms with E-state index in [1.165, 1.54) is 82.2 Å². The van der Waals surface area contributed by atoms with E-state index in [4.69, 9.17) is 4.74 Å². The van der Waals surface area contributed by atoms with E-state index < -0.39 is 0 Å². The summed E-state index contributed by atoms with van der Waals surface area (Å²) in [4.78, 5) is 0. The Morgan fingerprint density at radius 2 is 0.828 bits per heavy atom. The molecule has 0 saturated heterocycles. The molecule has 1 aliphatic rings. The van der Waals surface area contributed by atoms with Gasteiger partial charge in [0.15, 0.2) is 11.5 Å². The molecule has 270 valence electrons. The van der Waals surface area contributed by atoms with Crippen LogP contribution in [0.4, 0.5) is 0 Å². The van der Waals surface area contributed by atoms with Gasteiger partial charge in [0.2, 0.25) is 0 Å². The third kappa shape index (κ3) is 4.34. The molecule has 9 aromatic carbocycles. The van der Waals surface area contributed by atoms with Crippen molar-refractivity contribution in [3.63, 3.8) is 0 Å². The van der Waals surface area contributed by atoms with Gasteiger partial charge >= 0.3 is 0 Å². The van der Waals surface area contributed by atoms with Gasteiger partial charge in [-0.25, -0.2) is 0 Å². The molecule has 4 heterocycles. The second kappa shape index (κ2) is 11.8. The predicted molar refractivity (Wildman–Crippen MR) is 240 cm³/mol. The minimum Gasteiger partial charge on any atom is -0.453 e. The Labute approximate surface area is 333 Å². The lowest BCUT2D eigenvalue weighted by atomic mass is 9.98. The number of hydrogen-bond donors (Lipinski definition) is 0. The number of aromatic nitrogens is 3. The molecule has 4 heteroatoms. The number of nitrogens with zero attached hydrogens (tertiary/aromatic N) is 3. The fraction of sp³-hybridized carbons (Fsp3) is 0. The maximum Gasteiger partial charge on any atom is 0.152 e. The van der Waals surface area contributed by atoms with E-state index in [-0.39, 0.29) is 0 Å². The zero-order valence-electron chi connectivity index (χ0n) is 31.3. The normalized spacial score (nSPS) is 12.3. The van der Waals surface area contributed by atoms with Gasteiger partial charge in [0.25, 0.3) is 0 Å². The molecule has 0 fully saturated rings. The zero-order chi connectivity index (χ0) is 37.9. The van der Waals surface area contributed by atoms with Gasteiger partial charge < -0.3 is 18.4 Å². The molecule has 12 aromatic rings. The lowest BCUT2D eigenvalue weighted by molar-refractivity contribution is 0.476. The molecule has 0 atom stereocenters. The van der Waals surface area contributed by atoms with Gasteiger partial charge in [0.05, 0.1) is 38.8 Å². The Kier molecular flexibility index (Phi) is 6.41. The smallest absolute Gasteiger partial charge is 0.152 e. The fourth-order valence-electron chi connectivity index (χ4n) is 9.73. The molecule has 1 aliphatic heterocycles. The highest BCUT2D eigenvalue weighted by atomic mass is 16.5. The van der Waals surface area contributed by atoms with Crippen LogP contribution in [0.3, 0.4) is 0 Å². The van der Waals surface area contributed by atoms with Gasteiger partial charge in [-0.15, -0.1) is 0 Å². The molecule has 0 radical (unpaired) electrons. The molecule has 0 N–H and O–H groups in total. The van der Waals surface area contributed by atoms with E-state index in [1.807, 2.05) is 6.07 Å². The van der Waals surface area contributed by atoms with Crippen LogP contribution < -0.4 is 4.74 Å². The molecule has 0 unspecified atom stereocenters. The van der Waals surface area contributed by atoms with Crippen molar-refractivity contribution in [2.24, 2.45) is 0 Å². The summed E-state index contributed by atoms with van der Waals surface area (Å²) in [5.74, 6) is 1.76. The minimum atomic E-state index is 0.872. The SMILES string of the molecule is c1cc(-c2ccc(-c3cccc4c5cccc6c5n(c34)-c3ccccc3O6)cc2)cc(-n2c3ccccc3c3cc(-n4c5ccccc5c5ccccc54)ccc32)c1. The summed E-state index contributed by atoms with van der Waals surface area (Å²) < 4.78 is 13.6. The van der Waals surface area contributed by atoms with E-state index in [0.717, 1.165) is 34.1 Å². The average molecular weight is 740 g/mol. The van der Waals surface area contributed by atoms with Crippen molar-refractivity contribution < 1.29 is 4.74 Å². The van der Waals surface area contributed by atoms with Gasteiger partial charge in [-0.05, 0) is 83.4 Å². The zero-order valence-corrected chi connectivity index (χ0v) is 31.3.